The third-order valence-electron chi connectivity index (χ3n) is 3.28. The highest BCUT2D eigenvalue weighted by Gasteiger charge is 2.16. The van der Waals surface area contributed by atoms with Crippen LogP contribution in [0.15, 0.2) is 60.1 Å². The fourth-order valence-electron chi connectivity index (χ4n) is 2.15. The summed E-state index contributed by atoms with van der Waals surface area (Å²) < 4.78 is 3.64. The lowest BCUT2D eigenvalue weighted by molar-refractivity contribution is -0.113. The maximum Gasteiger partial charge on any atom is 0.234 e. The molecular formula is C17H12Br3N3OS2. The first-order chi connectivity index (χ1) is 12.4. The first-order valence-electron chi connectivity index (χ1n) is 7.33. The Morgan fingerprint density at radius 1 is 1.15 bits per heavy atom. The number of thioether (sulfide) groups is 1. The van der Waals surface area contributed by atoms with Crippen LogP contribution in [-0.2, 0) is 4.79 Å². The number of nitrogen functional groups attached to an aromatic ring is 1. The topological polar surface area (TPSA) is 68.0 Å². The van der Waals surface area contributed by atoms with Crippen LogP contribution in [0.25, 0.3) is 11.3 Å². The Labute approximate surface area is 184 Å². The number of carbonyl (C=O) groups excluding carboxylic acids is 1. The fourth-order valence-corrected chi connectivity index (χ4v) is 5.64. The number of rotatable bonds is 5. The molecule has 0 unspecified atom stereocenters. The Morgan fingerprint density at radius 3 is 2.65 bits per heavy atom. The summed E-state index contributed by atoms with van der Waals surface area (Å²) in [6.45, 7) is 0. The number of hydrogen-bond acceptors (Lipinski definition) is 5. The lowest BCUT2D eigenvalue weighted by atomic mass is 10.2. The number of nitrogens with zero attached hydrogens (tertiary/aromatic N) is 1. The number of nitrogens with two attached hydrogens (primary N) is 1. The summed E-state index contributed by atoms with van der Waals surface area (Å²) in [7, 11) is 0. The van der Waals surface area contributed by atoms with E-state index in [2.05, 4.69) is 58.1 Å². The molecule has 0 fully saturated rings. The van der Waals surface area contributed by atoms with E-state index in [1.165, 1.54) is 23.1 Å². The van der Waals surface area contributed by atoms with Gasteiger partial charge in [-0.15, -0.1) is 11.8 Å². The van der Waals surface area contributed by atoms with Crippen molar-refractivity contribution in [1.82, 2.24) is 4.98 Å². The van der Waals surface area contributed by atoms with Gasteiger partial charge in [-0.1, -0.05) is 61.4 Å². The monoisotopic (exact) mass is 575 g/mol. The summed E-state index contributed by atoms with van der Waals surface area (Å²) in [5, 5.41) is 3.37. The number of halogens is 3. The lowest BCUT2D eigenvalue weighted by Crippen LogP contribution is -2.14. The predicted octanol–water partition coefficient (Wildman–Crippen LogP) is 6.41. The van der Waals surface area contributed by atoms with Crippen molar-refractivity contribution in [1.29, 1.82) is 0 Å². The number of para-hydroxylation sites is 1. The van der Waals surface area contributed by atoms with Crippen molar-refractivity contribution in [2.75, 3.05) is 16.8 Å². The largest absolute Gasteiger partial charge is 0.375 e. The van der Waals surface area contributed by atoms with Crippen molar-refractivity contribution in [3.05, 3.63) is 55.9 Å². The Balaban J connectivity index is 1.74. The van der Waals surface area contributed by atoms with E-state index in [0.29, 0.717) is 5.13 Å². The van der Waals surface area contributed by atoms with Crippen LogP contribution in [0.5, 0.6) is 0 Å². The molecule has 2 aromatic carbocycles. The van der Waals surface area contributed by atoms with Gasteiger partial charge in [0.05, 0.1) is 21.3 Å². The first-order valence-corrected chi connectivity index (χ1v) is 11.5. The van der Waals surface area contributed by atoms with Crippen LogP contribution < -0.4 is 11.1 Å². The molecule has 3 N–H and O–H groups in total. The number of hydrogen-bond donors (Lipinski definition) is 2. The third-order valence-corrected chi connectivity index (χ3v) is 7.27. The molecule has 0 saturated carbocycles. The smallest absolute Gasteiger partial charge is 0.234 e. The van der Waals surface area contributed by atoms with E-state index in [4.69, 9.17) is 5.73 Å². The minimum Gasteiger partial charge on any atom is -0.375 e. The highest BCUT2D eigenvalue weighted by Crippen LogP contribution is 2.40. The van der Waals surface area contributed by atoms with Gasteiger partial charge < -0.3 is 11.1 Å². The van der Waals surface area contributed by atoms with Crippen molar-refractivity contribution in [2.24, 2.45) is 0 Å². The van der Waals surface area contributed by atoms with E-state index in [9.17, 15) is 4.79 Å². The molecule has 3 aromatic rings. The van der Waals surface area contributed by atoms with E-state index in [1.807, 2.05) is 42.5 Å². The van der Waals surface area contributed by atoms with E-state index in [0.717, 1.165) is 34.6 Å². The third kappa shape index (κ3) is 4.89. The number of thiazole rings is 1. The number of nitrogens with one attached hydrogen (secondary N) is 1. The molecule has 9 heteroatoms. The maximum absolute atomic E-state index is 12.3. The zero-order chi connectivity index (χ0) is 18.7. The quantitative estimate of drug-likeness (QED) is 0.344. The minimum atomic E-state index is -0.0882. The molecule has 26 heavy (non-hydrogen) atoms. The molecule has 4 nitrogen and oxygen atoms in total. The van der Waals surface area contributed by atoms with Gasteiger partial charge in [-0.25, -0.2) is 4.98 Å². The summed E-state index contributed by atoms with van der Waals surface area (Å²) in [6, 6.07) is 13.4. The Bertz CT molecular complexity index is 962. The van der Waals surface area contributed by atoms with Crippen molar-refractivity contribution < 1.29 is 4.79 Å². The number of carbonyl (C=O) groups is 1. The van der Waals surface area contributed by atoms with Gasteiger partial charge in [0.25, 0.3) is 0 Å². The highest BCUT2D eigenvalue weighted by molar-refractivity contribution is 9.11. The normalized spacial score (nSPS) is 10.7. The molecule has 1 amide bonds. The van der Waals surface area contributed by atoms with Gasteiger partial charge in [-0.05, 0) is 40.2 Å². The van der Waals surface area contributed by atoms with Crippen LogP contribution in [0, 0.1) is 0 Å². The van der Waals surface area contributed by atoms with Gasteiger partial charge in [0.2, 0.25) is 5.91 Å². The number of amides is 1. The van der Waals surface area contributed by atoms with Crippen LogP contribution in [0.4, 0.5) is 10.8 Å². The zero-order valence-corrected chi connectivity index (χ0v) is 19.5. The molecule has 1 aromatic heterocycles. The molecule has 0 aliphatic heterocycles. The molecule has 0 saturated heterocycles. The summed E-state index contributed by atoms with van der Waals surface area (Å²) >= 11 is 13.2. The van der Waals surface area contributed by atoms with Crippen molar-refractivity contribution in [3.8, 4) is 11.3 Å². The number of aromatic nitrogens is 1. The second-order valence-corrected chi connectivity index (χ2v) is 10.0. The van der Waals surface area contributed by atoms with Crippen molar-refractivity contribution >= 4 is 87.6 Å². The maximum atomic E-state index is 12.3. The molecule has 3 rings (SSSR count). The van der Waals surface area contributed by atoms with Crippen molar-refractivity contribution in [3.63, 3.8) is 0 Å². The Kier molecular flexibility index (Phi) is 6.79. The average molecular weight is 578 g/mol. The van der Waals surface area contributed by atoms with E-state index < -0.39 is 0 Å². The van der Waals surface area contributed by atoms with Gasteiger partial charge in [0, 0.05) is 19.0 Å². The molecule has 0 aliphatic rings. The van der Waals surface area contributed by atoms with Crippen LogP contribution in [-0.4, -0.2) is 16.6 Å². The first kappa shape index (κ1) is 19.9. The standard InChI is InChI=1S/C17H12Br3N3OS2/c18-9-5-6-10(12(20)7-9)15-16(26-17(21)23-15)25-8-14(24)22-13-4-2-1-3-11(13)19/h1-7H,8H2,(H2,21,23)(H,22,24). The summed E-state index contributed by atoms with van der Waals surface area (Å²) in [4.78, 5) is 16.7. The zero-order valence-electron chi connectivity index (χ0n) is 13.1. The minimum absolute atomic E-state index is 0.0882. The van der Waals surface area contributed by atoms with Gasteiger partial charge in [0.1, 0.15) is 0 Å². The molecule has 0 atom stereocenters. The van der Waals surface area contributed by atoms with Gasteiger partial charge >= 0.3 is 0 Å². The molecule has 0 aliphatic carbocycles. The molecule has 0 radical (unpaired) electrons. The summed E-state index contributed by atoms with van der Waals surface area (Å²) in [5.74, 6) is 0.180. The Hall–Kier alpha value is -0.870. The second-order valence-electron chi connectivity index (χ2n) is 5.13. The summed E-state index contributed by atoms with van der Waals surface area (Å²) in [6.07, 6.45) is 0. The van der Waals surface area contributed by atoms with E-state index >= 15 is 0 Å². The fraction of sp³-hybridized carbons (Fsp3) is 0.0588. The number of anilines is 2. The van der Waals surface area contributed by atoms with Crippen LogP contribution >= 0.6 is 70.9 Å². The predicted molar refractivity (Wildman–Crippen MR) is 121 cm³/mol. The van der Waals surface area contributed by atoms with E-state index in [1.54, 1.807) is 0 Å². The van der Waals surface area contributed by atoms with Crippen LogP contribution in [0.1, 0.15) is 0 Å². The van der Waals surface area contributed by atoms with Crippen molar-refractivity contribution in [2.45, 2.75) is 4.21 Å². The van der Waals surface area contributed by atoms with Crippen LogP contribution in [0.3, 0.4) is 0 Å². The van der Waals surface area contributed by atoms with Gasteiger partial charge in [-0.2, -0.15) is 0 Å². The van der Waals surface area contributed by atoms with Crippen LogP contribution in [0.2, 0.25) is 0 Å². The average Bonchev–Trinajstić information content (AvgIpc) is 2.95. The number of benzene rings is 2. The lowest BCUT2D eigenvalue weighted by Gasteiger charge is -2.08. The van der Waals surface area contributed by atoms with Gasteiger partial charge in [-0.3, -0.25) is 4.79 Å². The molecule has 0 bridgehead atoms. The summed E-state index contributed by atoms with van der Waals surface area (Å²) in [5.41, 5.74) is 8.38. The van der Waals surface area contributed by atoms with Gasteiger partial charge in [0.15, 0.2) is 5.13 Å². The second kappa shape index (κ2) is 8.88. The molecule has 134 valence electrons. The Morgan fingerprint density at radius 2 is 1.92 bits per heavy atom. The molecule has 0 spiro atoms. The molecule has 1 heterocycles. The highest BCUT2D eigenvalue weighted by atomic mass is 79.9. The molecular weight excluding hydrogens is 566 g/mol. The SMILES string of the molecule is Nc1nc(-c2ccc(Br)cc2Br)c(SCC(=O)Nc2ccccc2Br)s1. The van der Waals surface area contributed by atoms with E-state index in [-0.39, 0.29) is 11.7 Å².